The summed E-state index contributed by atoms with van der Waals surface area (Å²) in [6.45, 7) is 3.35. The predicted molar refractivity (Wildman–Crippen MR) is 44.4 cm³/mol. The molecule has 0 amide bonds. The molecule has 1 atom stereocenters. The molecule has 0 radical (unpaired) electrons. The van der Waals surface area contributed by atoms with Gasteiger partial charge >= 0.3 is 0 Å². The molecule has 0 saturated carbocycles. The molecule has 1 aliphatic rings. The van der Waals surface area contributed by atoms with Gasteiger partial charge in [-0.3, -0.25) is 0 Å². The van der Waals surface area contributed by atoms with E-state index in [-0.39, 0.29) is 0 Å². The second-order valence-corrected chi connectivity index (χ2v) is 3.76. The van der Waals surface area contributed by atoms with E-state index in [1.165, 1.54) is 23.4 Å². The van der Waals surface area contributed by atoms with Gasteiger partial charge in [-0.2, -0.15) is 0 Å². The van der Waals surface area contributed by atoms with Crippen molar-refractivity contribution in [3.8, 4) is 0 Å². The van der Waals surface area contributed by atoms with Gasteiger partial charge in [0, 0.05) is 10.9 Å². The van der Waals surface area contributed by atoms with Crippen LogP contribution in [0.1, 0.15) is 22.9 Å². The van der Waals surface area contributed by atoms with Crippen molar-refractivity contribution in [1.82, 2.24) is 5.32 Å². The lowest BCUT2D eigenvalue weighted by atomic mass is 10.1. The average molecular weight is 153 g/mol. The van der Waals surface area contributed by atoms with Crippen LogP contribution in [0.4, 0.5) is 0 Å². The molecule has 0 bridgehead atoms. The maximum atomic E-state index is 3.39. The molecular weight excluding hydrogens is 142 g/mol. The molecule has 0 aliphatic carbocycles. The lowest BCUT2D eigenvalue weighted by molar-refractivity contribution is 0.389. The molecular formula is C8H11NS. The summed E-state index contributed by atoms with van der Waals surface area (Å²) < 4.78 is 0. The Hall–Kier alpha value is -0.340. The standard InChI is InChI=1S/C8H11NS/c1-6-4-8(10-5-6)7-2-3-9-7/h4-5,7,9H,2-3H2,1H3/t7-/m1/s1. The molecule has 1 aliphatic heterocycles. The lowest BCUT2D eigenvalue weighted by Gasteiger charge is -2.26. The third-order valence-electron chi connectivity index (χ3n) is 1.92. The van der Waals surface area contributed by atoms with Gasteiger partial charge in [-0.1, -0.05) is 0 Å². The first-order chi connectivity index (χ1) is 4.86. The first kappa shape index (κ1) is 6.38. The van der Waals surface area contributed by atoms with Crippen LogP contribution in [-0.2, 0) is 0 Å². The predicted octanol–water partition coefficient (Wildman–Crippen LogP) is 2.09. The molecule has 2 heteroatoms. The van der Waals surface area contributed by atoms with Crippen molar-refractivity contribution >= 4 is 11.3 Å². The first-order valence-corrected chi connectivity index (χ1v) is 4.52. The van der Waals surface area contributed by atoms with E-state index in [0.29, 0.717) is 6.04 Å². The van der Waals surface area contributed by atoms with Crippen molar-refractivity contribution < 1.29 is 0 Å². The van der Waals surface area contributed by atoms with Gasteiger partial charge in [0.05, 0.1) is 0 Å². The second kappa shape index (κ2) is 2.36. The zero-order valence-electron chi connectivity index (χ0n) is 6.05. The Morgan fingerprint density at radius 2 is 2.50 bits per heavy atom. The van der Waals surface area contributed by atoms with E-state index in [9.17, 15) is 0 Å². The molecule has 0 unspecified atom stereocenters. The maximum Gasteiger partial charge on any atom is 0.0427 e. The molecule has 0 spiro atoms. The average Bonchev–Trinajstić information content (AvgIpc) is 2.10. The maximum absolute atomic E-state index is 3.39. The summed E-state index contributed by atoms with van der Waals surface area (Å²) in [5.41, 5.74) is 1.40. The summed E-state index contributed by atoms with van der Waals surface area (Å²) in [6.07, 6.45) is 1.32. The normalized spacial score (nSPS) is 24.3. The van der Waals surface area contributed by atoms with Crippen LogP contribution in [0.25, 0.3) is 0 Å². The topological polar surface area (TPSA) is 12.0 Å². The number of hydrogen-bond donors (Lipinski definition) is 1. The Balaban J connectivity index is 2.17. The molecule has 1 saturated heterocycles. The third kappa shape index (κ3) is 0.976. The number of hydrogen-bond acceptors (Lipinski definition) is 2. The van der Waals surface area contributed by atoms with E-state index in [2.05, 4.69) is 23.7 Å². The van der Waals surface area contributed by atoms with Crippen LogP contribution < -0.4 is 5.32 Å². The number of nitrogens with one attached hydrogen (secondary N) is 1. The zero-order valence-corrected chi connectivity index (χ0v) is 6.87. The zero-order chi connectivity index (χ0) is 6.97. The van der Waals surface area contributed by atoms with E-state index >= 15 is 0 Å². The molecule has 54 valence electrons. The Morgan fingerprint density at radius 3 is 2.90 bits per heavy atom. The first-order valence-electron chi connectivity index (χ1n) is 3.65. The van der Waals surface area contributed by atoms with Crippen molar-refractivity contribution in [2.75, 3.05) is 6.54 Å². The van der Waals surface area contributed by atoms with E-state index < -0.39 is 0 Å². The van der Waals surface area contributed by atoms with E-state index in [1.807, 2.05) is 11.3 Å². The highest BCUT2D eigenvalue weighted by atomic mass is 32.1. The summed E-state index contributed by atoms with van der Waals surface area (Å²) in [5.74, 6) is 0. The highest BCUT2D eigenvalue weighted by molar-refractivity contribution is 7.10. The highest BCUT2D eigenvalue weighted by Gasteiger charge is 2.19. The Bertz CT molecular complexity index is 225. The van der Waals surface area contributed by atoms with Crippen LogP contribution in [0.5, 0.6) is 0 Å². The van der Waals surface area contributed by atoms with Crippen molar-refractivity contribution in [2.24, 2.45) is 0 Å². The quantitative estimate of drug-likeness (QED) is 0.651. The van der Waals surface area contributed by atoms with Gasteiger partial charge in [0.1, 0.15) is 0 Å². The molecule has 2 rings (SSSR count). The van der Waals surface area contributed by atoms with Gasteiger partial charge in [-0.05, 0) is 36.9 Å². The Kier molecular flexibility index (Phi) is 1.51. The van der Waals surface area contributed by atoms with Gasteiger partial charge in [0.25, 0.3) is 0 Å². The fourth-order valence-corrected chi connectivity index (χ4v) is 2.18. The molecule has 0 aromatic carbocycles. The minimum Gasteiger partial charge on any atom is -0.309 e. The van der Waals surface area contributed by atoms with Gasteiger partial charge in [0.2, 0.25) is 0 Å². The number of thiophene rings is 1. The monoisotopic (exact) mass is 153 g/mol. The summed E-state index contributed by atoms with van der Waals surface area (Å²) in [4.78, 5) is 1.50. The van der Waals surface area contributed by atoms with Crippen LogP contribution in [0, 0.1) is 6.92 Å². The molecule has 1 aromatic heterocycles. The van der Waals surface area contributed by atoms with E-state index in [4.69, 9.17) is 0 Å². The minimum absolute atomic E-state index is 0.679. The fraction of sp³-hybridized carbons (Fsp3) is 0.500. The van der Waals surface area contributed by atoms with Crippen molar-refractivity contribution in [2.45, 2.75) is 19.4 Å². The van der Waals surface area contributed by atoms with Crippen LogP contribution in [0.15, 0.2) is 11.4 Å². The van der Waals surface area contributed by atoms with Gasteiger partial charge in [0.15, 0.2) is 0 Å². The van der Waals surface area contributed by atoms with Crippen LogP contribution >= 0.6 is 11.3 Å². The molecule has 10 heavy (non-hydrogen) atoms. The molecule has 1 aromatic rings. The summed E-state index contributed by atoms with van der Waals surface area (Å²) in [5, 5.41) is 5.60. The fourth-order valence-electron chi connectivity index (χ4n) is 1.17. The molecule has 1 fully saturated rings. The third-order valence-corrected chi connectivity index (χ3v) is 3.08. The molecule has 2 heterocycles. The second-order valence-electron chi connectivity index (χ2n) is 2.82. The largest absolute Gasteiger partial charge is 0.309 e. The molecule has 1 nitrogen and oxygen atoms in total. The van der Waals surface area contributed by atoms with Gasteiger partial charge in [-0.25, -0.2) is 0 Å². The number of aryl methyl sites for hydroxylation is 1. The minimum atomic E-state index is 0.679. The van der Waals surface area contributed by atoms with E-state index in [0.717, 1.165) is 0 Å². The number of rotatable bonds is 1. The SMILES string of the molecule is Cc1csc([C@H]2CCN2)c1. The van der Waals surface area contributed by atoms with Gasteiger partial charge in [-0.15, -0.1) is 11.3 Å². The smallest absolute Gasteiger partial charge is 0.0427 e. The summed E-state index contributed by atoms with van der Waals surface area (Å²) in [6, 6.07) is 2.96. The van der Waals surface area contributed by atoms with Crippen molar-refractivity contribution in [3.05, 3.63) is 21.9 Å². The lowest BCUT2D eigenvalue weighted by Crippen LogP contribution is -2.34. The van der Waals surface area contributed by atoms with Crippen LogP contribution in [0.3, 0.4) is 0 Å². The van der Waals surface area contributed by atoms with Crippen LogP contribution in [-0.4, -0.2) is 6.54 Å². The Labute approximate surface area is 65.1 Å². The summed E-state index contributed by atoms with van der Waals surface area (Å²) >= 11 is 1.87. The van der Waals surface area contributed by atoms with E-state index in [1.54, 1.807) is 0 Å². The van der Waals surface area contributed by atoms with Gasteiger partial charge < -0.3 is 5.32 Å². The summed E-state index contributed by atoms with van der Waals surface area (Å²) in [7, 11) is 0. The highest BCUT2D eigenvalue weighted by Crippen LogP contribution is 2.27. The van der Waals surface area contributed by atoms with Crippen LogP contribution in [0.2, 0.25) is 0 Å². The van der Waals surface area contributed by atoms with Crippen molar-refractivity contribution in [1.29, 1.82) is 0 Å². The molecule has 1 N–H and O–H groups in total. The Morgan fingerprint density at radius 1 is 1.70 bits per heavy atom. The van der Waals surface area contributed by atoms with Crippen molar-refractivity contribution in [3.63, 3.8) is 0 Å².